The van der Waals surface area contributed by atoms with Gasteiger partial charge in [0.15, 0.2) is 0 Å². The van der Waals surface area contributed by atoms with Gasteiger partial charge in [-0.25, -0.2) is 4.79 Å². The summed E-state index contributed by atoms with van der Waals surface area (Å²) in [5, 5.41) is 0. The quantitative estimate of drug-likeness (QED) is 0.534. The molecular weight excluding hydrogens is 424 g/mol. The molecule has 5 nitrogen and oxygen atoms in total. The van der Waals surface area contributed by atoms with Crippen LogP contribution in [0.5, 0.6) is 0 Å². The number of fused-ring (bicyclic) bond motifs is 5. The first kappa shape index (κ1) is 23.3. The number of nitrogens with zero attached hydrogens (tertiary/aromatic N) is 2. The summed E-state index contributed by atoms with van der Waals surface area (Å²) in [6, 6.07) is 12.7. The number of ether oxygens (including phenoxy) is 2. The normalized spacial score (nSPS) is 28.3. The molecule has 1 fully saturated rings. The van der Waals surface area contributed by atoms with Crippen molar-refractivity contribution in [2.24, 2.45) is 5.92 Å². The Hall–Kier alpha value is -2.50. The number of carbonyl (C=O) groups is 1. The molecule has 0 amide bonds. The van der Waals surface area contributed by atoms with Crippen LogP contribution < -0.4 is 0 Å². The van der Waals surface area contributed by atoms with Gasteiger partial charge in [0.2, 0.25) is 0 Å². The molecule has 5 heteroatoms. The van der Waals surface area contributed by atoms with Crippen LogP contribution in [0.3, 0.4) is 0 Å². The lowest BCUT2D eigenvalue weighted by Gasteiger charge is -2.42. The highest BCUT2D eigenvalue weighted by molar-refractivity contribution is 5.90. The standard InChI is InChI=1S/C29H36N2O3/c1-7-19-21(28(32)34-29(4,5)6)16-23(22-13-8-9-14-30-22)31-26-24(33-27(19)31)15-18-11-10-12-20(17(2)3)25(18)26/h8-14,16-17,19,23-24,26-27H,7,15H2,1-6H3/t19-,23-,24+,26+,27+/m0/s1. The van der Waals surface area contributed by atoms with Crippen molar-refractivity contribution < 1.29 is 14.3 Å². The van der Waals surface area contributed by atoms with Crippen molar-refractivity contribution in [3.05, 3.63) is 76.6 Å². The molecule has 1 aromatic heterocycles. The van der Waals surface area contributed by atoms with Crippen LogP contribution in [0.25, 0.3) is 0 Å². The fourth-order valence-electron chi connectivity index (χ4n) is 5.99. The van der Waals surface area contributed by atoms with Gasteiger partial charge in [-0.2, -0.15) is 0 Å². The van der Waals surface area contributed by atoms with Gasteiger partial charge in [0.1, 0.15) is 11.8 Å². The molecule has 0 saturated carbocycles. The number of rotatable bonds is 4. The van der Waals surface area contributed by atoms with Crippen molar-refractivity contribution in [1.82, 2.24) is 9.88 Å². The summed E-state index contributed by atoms with van der Waals surface area (Å²) >= 11 is 0. The topological polar surface area (TPSA) is 51.7 Å². The van der Waals surface area contributed by atoms with Gasteiger partial charge in [-0.15, -0.1) is 0 Å². The average molecular weight is 461 g/mol. The summed E-state index contributed by atoms with van der Waals surface area (Å²) in [6.07, 6.45) is 5.52. The van der Waals surface area contributed by atoms with Gasteiger partial charge in [-0.1, -0.05) is 51.1 Å². The molecule has 3 heterocycles. The molecule has 1 aliphatic carbocycles. The molecule has 180 valence electrons. The van der Waals surface area contributed by atoms with Gasteiger partial charge in [0.25, 0.3) is 0 Å². The van der Waals surface area contributed by atoms with Crippen molar-refractivity contribution in [3.63, 3.8) is 0 Å². The Labute approximate surface area is 203 Å². The molecule has 34 heavy (non-hydrogen) atoms. The van der Waals surface area contributed by atoms with Gasteiger partial charge < -0.3 is 9.47 Å². The third kappa shape index (κ3) is 3.89. The SMILES string of the molecule is CC[C@H]1C(C(=O)OC(C)(C)C)=C[C@@H](c2ccccn2)N2[C@@H]1O[C@@H]1Cc3cccc(C(C)C)c3[C@@H]12. The molecule has 1 saturated heterocycles. The largest absolute Gasteiger partial charge is 0.457 e. The zero-order valence-electron chi connectivity index (χ0n) is 21.1. The van der Waals surface area contributed by atoms with E-state index < -0.39 is 5.60 Å². The van der Waals surface area contributed by atoms with Crippen molar-refractivity contribution in [1.29, 1.82) is 0 Å². The van der Waals surface area contributed by atoms with Crippen LogP contribution in [0, 0.1) is 5.92 Å². The number of aromatic nitrogens is 1. The molecular formula is C29H36N2O3. The molecule has 0 spiro atoms. The summed E-state index contributed by atoms with van der Waals surface area (Å²) in [5.41, 5.74) is 5.29. The average Bonchev–Trinajstić information content (AvgIpc) is 3.33. The maximum atomic E-state index is 13.4. The molecule has 0 bridgehead atoms. The van der Waals surface area contributed by atoms with E-state index in [2.05, 4.69) is 56.0 Å². The van der Waals surface area contributed by atoms with E-state index in [1.807, 2.05) is 39.1 Å². The summed E-state index contributed by atoms with van der Waals surface area (Å²) < 4.78 is 12.7. The predicted molar refractivity (Wildman–Crippen MR) is 132 cm³/mol. The first-order valence-electron chi connectivity index (χ1n) is 12.6. The molecule has 2 aromatic rings. The first-order chi connectivity index (χ1) is 16.2. The minimum absolute atomic E-state index is 0.0462. The fraction of sp³-hybridized carbons (Fsp3) is 0.517. The second kappa shape index (κ2) is 8.62. The Morgan fingerprint density at radius 2 is 2.00 bits per heavy atom. The van der Waals surface area contributed by atoms with Crippen LogP contribution in [-0.4, -0.2) is 33.8 Å². The molecule has 3 aliphatic rings. The van der Waals surface area contributed by atoms with Gasteiger partial charge >= 0.3 is 5.97 Å². The monoisotopic (exact) mass is 460 g/mol. The Morgan fingerprint density at radius 1 is 1.21 bits per heavy atom. The maximum Gasteiger partial charge on any atom is 0.334 e. The van der Waals surface area contributed by atoms with Crippen LogP contribution in [0.4, 0.5) is 0 Å². The minimum Gasteiger partial charge on any atom is -0.457 e. The Bertz CT molecular complexity index is 1100. The maximum absolute atomic E-state index is 13.4. The molecule has 5 rings (SSSR count). The van der Waals surface area contributed by atoms with Crippen LogP contribution >= 0.6 is 0 Å². The molecule has 0 N–H and O–H groups in total. The van der Waals surface area contributed by atoms with Crippen LogP contribution in [0.1, 0.15) is 88.3 Å². The Kier molecular flexibility index (Phi) is 5.89. The zero-order valence-corrected chi connectivity index (χ0v) is 21.1. The van der Waals surface area contributed by atoms with E-state index in [0.29, 0.717) is 11.5 Å². The predicted octanol–water partition coefficient (Wildman–Crippen LogP) is 5.88. The molecule has 0 unspecified atom stereocenters. The Morgan fingerprint density at radius 3 is 2.65 bits per heavy atom. The number of hydrogen-bond donors (Lipinski definition) is 0. The lowest BCUT2D eigenvalue weighted by Crippen LogP contribution is -2.46. The summed E-state index contributed by atoms with van der Waals surface area (Å²) in [7, 11) is 0. The van der Waals surface area contributed by atoms with E-state index in [9.17, 15) is 4.79 Å². The van der Waals surface area contributed by atoms with Gasteiger partial charge in [0.05, 0.1) is 23.9 Å². The van der Waals surface area contributed by atoms with Crippen molar-refractivity contribution >= 4 is 5.97 Å². The third-order valence-electron chi connectivity index (χ3n) is 7.32. The van der Waals surface area contributed by atoms with Crippen LogP contribution in [0.2, 0.25) is 0 Å². The summed E-state index contributed by atoms with van der Waals surface area (Å²) in [6.45, 7) is 12.4. The number of pyridine rings is 1. The third-order valence-corrected chi connectivity index (χ3v) is 7.32. The number of benzene rings is 1. The highest BCUT2D eigenvalue weighted by Gasteiger charge is 2.56. The number of esters is 1. The van der Waals surface area contributed by atoms with E-state index in [4.69, 9.17) is 14.5 Å². The molecule has 2 aliphatic heterocycles. The van der Waals surface area contributed by atoms with Gasteiger partial charge in [0, 0.05) is 24.1 Å². The van der Waals surface area contributed by atoms with E-state index in [-0.39, 0.29) is 36.3 Å². The van der Waals surface area contributed by atoms with Gasteiger partial charge in [-0.05, 0) is 61.9 Å². The highest BCUT2D eigenvalue weighted by Crippen LogP contribution is 2.54. The minimum atomic E-state index is -0.550. The van der Waals surface area contributed by atoms with Crippen LogP contribution in [0.15, 0.2) is 54.2 Å². The second-order valence-electron chi connectivity index (χ2n) is 11.1. The van der Waals surface area contributed by atoms with E-state index >= 15 is 0 Å². The van der Waals surface area contributed by atoms with Crippen molar-refractivity contribution in [2.45, 2.75) is 90.3 Å². The molecule has 5 atom stereocenters. The van der Waals surface area contributed by atoms with E-state index in [1.54, 1.807) is 0 Å². The zero-order chi connectivity index (χ0) is 24.2. The van der Waals surface area contributed by atoms with E-state index in [1.165, 1.54) is 16.7 Å². The number of hydrogen-bond acceptors (Lipinski definition) is 5. The summed E-state index contributed by atoms with van der Waals surface area (Å²) in [5.74, 6) is 0.139. The van der Waals surface area contributed by atoms with Gasteiger partial charge in [-0.3, -0.25) is 9.88 Å². The fourth-order valence-corrected chi connectivity index (χ4v) is 5.99. The smallest absolute Gasteiger partial charge is 0.334 e. The lowest BCUT2D eigenvalue weighted by molar-refractivity contribution is -0.152. The Balaban J connectivity index is 1.64. The molecule has 1 aromatic carbocycles. The van der Waals surface area contributed by atoms with Crippen molar-refractivity contribution in [2.75, 3.05) is 0 Å². The van der Waals surface area contributed by atoms with Crippen LogP contribution in [-0.2, 0) is 20.7 Å². The van der Waals surface area contributed by atoms with Crippen molar-refractivity contribution in [3.8, 4) is 0 Å². The lowest BCUT2D eigenvalue weighted by atomic mass is 9.84. The highest BCUT2D eigenvalue weighted by atomic mass is 16.6. The van der Waals surface area contributed by atoms with E-state index in [0.717, 1.165) is 18.5 Å². The first-order valence-corrected chi connectivity index (χ1v) is 12.6. The summed E-state index contributed by atoms with van der Waals surface area (Å²) in [4.78, 5) is 20.6. The molecule has 0 radical (unpaired) electrons. The second-order valence-corrected chi connectivity index (χ2v) is 11.1. The number of carbonyl (C=O) groups excluding carboxylic acids is 1.